The van der Waals surface area contributed by atoms with Crippen molar-refractivity contribution in [2.45, 2.75) is 39.2 Å². The van der Waals surface area contributed by atoms with Crippen LogP contribution < -0.4 is 0 Å². The largest absolute Gasteiger partial charge is 0.335 e. The molecule has 5 heteroatoms. The van der Waals surface area contributed by atoms with Crippen LogP contribution in [0.3, 0.4) is 0 Å². The zero-order valence-corrected chi connectivity index (χ0v) is 13.6. The van der Waals surface area contributed by atoms with Crippen LogP contribution in [-0.2, 0) is 18.3 Å². The third-order valence-electron chi connectivity index (χ3n) is 4.43. The predicted molar refractivity (Wildman–Crippen MR) is 84.4 cm³/mol. The standard InChI is InChI=1S/C16H21N3OS/c1-11-13(12(2)18(3)17-11)10-16(20)19-8-4-6-14(19)15-7-5-9-21-15/h5,7,9,14H,4,6,8,10H2,1-3H3/t14-/m0/s1. The fourth-order valence-electron chi connectivity index (χ4n) is 3.17. The molecule has 1 fully saturated rings. The molecule has 0 unspecified atom stereocenters. The maximum atomic E-state index is 12.7. The number of likely N-dealkylation sites (tertiary alicyclic amines) is 1. The highest BCUT2D eigenvalue weighted by atomic mass is 32.1. The van der Waals surface area contributed by atoms with E-state index in [2.05, 4.69) is 27.5 Å². The number of carbonyl (C=O) groups is 1. The highest BCUT2D eigenvalue weighted by molar-refractivity contribution is 7.10. The molecule has 21 heavy (non-hydrogen) atoms. The Bertz CT molecular complexity index is 645. The first-order chi connectivity index (χ1) is 10.1. The Morgan fingerprint density at radius 2 is 2.29 bits per heavy atom. The van der Waals surface area contributed by atoms with Gasteiger partial charge in [0.2, 0.25) is 5.91 Å². The van der Waals surface area contributed by atoms with Crippen LogP contribution in [-0.4, -0.2) is 27.1 Å². The minimum Gasteiger partial charge on any atom is -0.335 e. The molecule has 0 radical (unpaired) electrons. The number of amides is 1. The van der Waals surface area contributed by atoms with Crippen LogP contribution >= 0.6 is 11.3 Å². The van der Waals surface area contributed by atoms with E-state index < -0.39 is 0 Å². The molecule has 0 N–H and O–H groups in total. The van der Waals surface area contributed by atoms with E-state index in [9.17, 15) is 4.79 Å². The number of hydrogen-bond acceptors (Lipinski definition) is 3. The summed E-state index contributed by atoms with van der Waals surface area (Å²) in [4.78, 5) is 16.1. The molecule has 0 spiro atoms. The number of nitrogens with zero attached hydrogens (tertiary/aromatic N) is 3. The molecule has 4 nitrogen and oxygen atoms in total. The normalized spacial score (nSPS) is 18.4. The van der Waals surface area contributed by atoms with Crippen LogP contribution in [0.15, 0.2) is 17.5 Å². The van der Waals surface area contributed by atoms with Gasteiger partial charge in [-0.05, 0) is 38.1 Å². The second-order valence-electron chi connectivity index (χ2n) is 5.71. The molecular formula is C16H21N3OS. The summed E-state index contributed by atoms with van der Waals surface area (Å²) in [5.41, 5.74) is 3.14. The molecule has 112 valence electrons. The van der Waals surface area contributed by atoms with Gasteiger partial charge in [0.05, 0.1) is 18.2 Å². The Morgan fingerprint density at radius 3 is 2.90 bits per heavy atom. The highest BCUT2D eigenvalue weighted by Crippen LogP contribution is 2.35. The van der Waals surface area contributed by atoms with E-state index in [4.69, 9.17) is 0 Å². The zero-order valence-electron chi connectivity index (χ0n) is 12.8. The van der Waals surface area contributed by atoms with E-state index in [0.717, 1.165) is 36.3 Å². The minimum atomic E-state index is 0.227. The van der Waals surface area contributed by atoms with Gasteiger partial charge in [-0.25, -0.2) is 0 Å². The molecule has 3 heterocycles. The molecule has 1 amide bonds. The number of aromatic nitrogens is 2. The molecule has 0 aromatic carbocycles. The topological polar surface area (TPSA) is 38.1 Å². The lowest BCUT2D eigenvalue weighted by Gasteiger charge is -2.24. The summed E-state index contributed by atoms with van der Waals surface area (Å²) in [5.74, 6) is 0.227. The van der Waals surface area contributed by atoms with E-state index in [-0.39, 0.29) is 11.9 Å². The van der Waals surface area contributed by atoms with Gasteiger partial charge in [-0.15, -0.1) is 11.3 Å². The molecule has 1 aliphatic rings. The van der Waals surface area contributed by atoms with Gasteiger partial charge >= 0.3 is 0 Å². The van der Waals surface area contributed by atoms with E-state index >= 15 is 0 Å². The van der Waals surface area contributed by atoms with Crippen LogP contribution in [0.2, 0.25) is 0 Å². The monoisotopic (exact) mass is 303 g/mol. The SMILES string of the molecule is Cc1nn(C)c(C)c1CC(=O)N1CCC[C@H]1c1cccs1. The number of aryl methyl sites for hydroxylation is 2. The summed E-state index contributed by atoms with van der Waals surface area (Å²) in [5, 5.41) is 6.50. The van der Waals surface area contributed by atoms with Crippen molar-refractivity contribution < 1.29 is 4.79 Å². The van der Waals surface area contributed by atoms with E-state index in [1.807, 2.05) is 25.6 Å². The Hall–Kier alpha value is -1.62. The molecular weight excluding hydrogens is 282 g/mol. The van der Waals surface area contributed by atoms with Crippen molar-refractivity contribution in [3.8, 4) is 0 Å². The average molecular weight is 303 g/mol. The zero-order chi connectivity index (χ0) is 15.0. The lowest BCUT2D eigenvalue weighted by atomic mass is 10.1. The molecule has 0 saturated carbocycles. The molecule has 0 aliphatic carbocycles. The first kappa shape index (κ1) is 14.3. The average Bonchev–Trinajstić information content (AvgIpc) is 3.15. The van der Waals surface area contributed by atoms with Crippen molar-refractivity contribution >= 4 is 17.2 Å². The molecule has 1 saturated heterocycles. The maximum absolute atomic E-state index is 12.7. The number of carbonyl (C=O) groups excluding carboxylic acids is 1. The number of thiophene rings is 1. The van der Waals surface area contributed by atoms with Crippen LogP contribution in [0, 0.1) is 13.8 Å². The third kappa shape index (κ3) is 2.62. The van der Waals surface area contributed by atoms with Gasteiger partial charge in [-0.3, -0.25) is 9.48 Å². The van der Waals surface area contributed by atoms with Gasteiger partial charge in [0, 0.05) is 29.7 Å². The molecule has 0 bridgehead atoms. The van der Waals surface area contributed by atoms with Crippen molar-refractivity contribution in [2.24, 2.45) is 7.05 Å². The quantitative estimate of drug-likeness (QED) is 0.874. The van der Waals surface area contributed by atoms with Crippen molar-refractivity contribution in [1.29, 1.82) is 0 Å². The second kappa shape index (κ2) is 5.64. The molecule has 1 aliphatic heterocycles. The molecule has 2 aromatic rings. The Labute approximate surface area is 129 Å². The maximum Gasteiger partial charge on any atom is 0.227 e. The lowest BCUT2D eigenvalue weighted by Crippen LogP contribution is -2.31. The predicted octanol–water partition coefficient (Wildman–Crippen LogP) is 3.00. The summed E-state index contributed by atoms with van der Waals surface area (Å²) in [6.07, 6.45) is 2.64. The summed E-state index contributed by atoms with van der Waals surface area (Å²) in [6.45, 7) is 4.89. The summed E-state index contributed by atoms with van der Waals surface area (Å²) in [7, 11) is 1.93. The molecule has 2 aromatic heterocycles. The smallest absolute Gasteiger partial charge is 0.227 e. The van der Waals surface area contributed by atoms with Crippen molar-refractivity contribution in [3.63, 3.8) is 0 Å². The van der Waals surface area contributed by atoms with Crippen LogP contribution in [0.5, 0.6) is 0 Å². The fraction of sp³-hybridized carbons (Fsp3) is 0.500. The van der Waals surface area contributed by atoms with Gasteiger partial charge < -0.3 is 4.90 Å². The summed E-state index contributed by atoms with van der Waals surface area (Å²) in [6, 6.07) is 4.48. The van der Waals surface area contributed by atoms with Crippen molar-refractivity contribution in [3.05, 3.63) is 39.3 Å². The van der Waals surface area contributed by atoms with Crippen LogP contribution in [0.25, 0.3) is 0 Å². The van der Waals surface area contributed by atoms with Gasteiger partial charge in [0.1, 0.15) is 0 Å². The lowest BCUT2D eigenvalue weighted by molar-refractivity contribution is -0.131. The third-order valence-corrected chi connectivity index (χ3v) is 5.41. The van der Waals surface area contributed by atoms with Gasteiger partial charge in [0.15, 0.2) is 0 Å². The second-order valence-corrected chi connectivity index (χ2v) is 6.69. The highest BCUT2D eigenvalue weighted by Gasteiger charge is 2.31. The molecule has 1 atom stereocenters. The van der Waals surface area contributed by atoms with Crippen LogP contribution in [0.1, 0.15) is 40.7 Å². The Balaban J connectivity index is 1.79. The Kier molecular flexibility index (Phi) is 3.85. The summed E-state index contributed by atoms with van der Waals surface area (Å²) >= 11 is 1.75. The van der Waals surface area contributed by atoms with Crippen molar-refractivity contribution in [2.75, 3.05) is 6.54 Å². The first-order valence-electron chi connectivity index (χ1n) is 7.40. The fourth-order valence-corrected chi connectivity index (χ4v) is 4.04. The minimum absolute atomic E-state index is 0.227. The summed E-state index contributed by atoms with van der Waals surface area (Å²) < 4.78 is 1.86. The first-order valence-corrected chi connectivity index (χ1v) is 8.28. The van der Waals surface area contributed by atoms with Gasteiger partial charge in [0.25, 0.3) is 0 Å². The number of rotatable bonds is 3. The van der Waals surface area contributed by atoms with Crippen LogP contribution in [0.4, 0.5) is 0 Å². The van der Waals surface area contributed by atoms with Gasteiger partial charge in [-0.1, -0.05) is 6.07 Å². The van der Waals surface area contributed by atoms with E-state index in [0.29, 0.717) is 6.42 Å². The Morgan fingerprint density at radius 1 is 1.48 bits per heavy atom. The number of hydrogen-bond donors (Lipinski definition) is 0. The van der Waals surface area contributed by atoms with Gasteiger partial charge in [-0.2, -0.15) is 5.10 Å². The van der Waals surface area contributed by atoms with E-state index in [1.54, 1.807) is 11.3 Å². The van der Waals surface area contributed by atoms with Crippen molar-refractivity contribution in [1.82, 2.24) is 14.7 Å². The molecule has 3 rings (SSSR count). The van der Waals surface area contributed by atoms with E-state index in [1.165, 1.54) is 4.88 Å².